The van der Waals surface area contributed by atoms with Gasteiger partial charge in [-0.05, 0) is 81.8 Å². The van der Waals surface area contributed by atoms with Crippen LogP contribution in [0.3, 0.4) is 0 Å². The van der Waals surface area contributed by atoms with Crippen molar-refractivity contribution in [2.45, 2.75) is 71.1 Å². The van der Waals surface area contributed by atoms with Gasteiger partial charge >= 0.3 is 0 Å². The molecule has 12 nitrogen and oxygen atoms in total. The number of nitrogens with one attached hydrogen (secondary N) is 1. The maximum atomic E-state index is 13.4. The van der Waals surface area contributed by atoms with Crippen LogP contribution >= 0.6 is 0 Å². The number of hydrogen-bond acceptors (Lipinski definition) is 9. The lowest BCUT2D eigenvalue weighted by Gasteiger charge is -2.50. The second kappa shape index (κ2) is 16.0. The third-order valence-electron chi connectivity index (χ3n) is 11.7. The molecule has 55 heavy (non-hydrogen) atoms. The molecule has 3 amide bonds. The van der Waals surface area contributed by atoms with Gasteiger partial charge in [0.1, 0.15) is 6.33 Å². The van der Waals surface area contributed by atoms with E-state index < -0.39 is 21.8 Å². The summed E-state index contributed by atoms with van der Waals surface area (Å²) < 4.78 is 28.5. The fraction of sp³-hybridized carbons (Fsp3) is 0.405. The SMILES string of the molecule is Cc1ncnc(C)c1C(=O)N1CCC(C)(N2CCC(N(Cc3ccccc3)c3ccc(CNS(=O)(=O)CCN4C(=O)c5ccccc5C4=O)cc3)CC2)CC1.[HH]. The molecule has 1 N–H and O–H groups in total. The van der Waals surface area contributed by atoms with Crippen LogP contribution in [0, 0.1) is 13.8 Å². The van der Waals surface area contributed by atoms with E-state index in [1.54, 1.807) is 24.3 Å². The van der Waals surface area contributed by atoms with Crippen LogP contribution in [0.5, 0.6) is 0 Å². The number of amides is 3. The van der Waals surface area contributed by atoms with Crippen molar-refractivity contribution < 1.29 is 24.2 Å². The summed E-state index contributed by atoms with van der Waals surface area (Å²) in [6, 6.07) is 25.3. The van der Waals surface area contributed by atoms with E-state index in [0.717, 1.165) is 72.9 Å². The zero-order chi connectivity index (χ0) is 38.7. The van der Waals surface area contributed by atoms with E-state index in [1.165, 1.54) is 11.9 Å². The number of sulfonamides is 1. The van der Waals surface area contributed by atoms with Gasteiger partial charge in [-0.3, -0.25) is 24.2 Å². The summed E-state index contributed by atoms with van der Waals surface area (Å²) in [6.07, 6.45) is 5.34. The molecule has 7 rings (SSSR count). The lowest BCUT2D eigenvalue weighted by Crippen LogP contribution is -2.58. The van der Waals surface area contributed by atoms with Gasteiger partial charge in [-0.1, -0.05) is 54.6 Å². The van der Waals surface area contributed by atoms with Crippen molar-refractivity contribution in [1.82, 2.24) is 29.4 Å². The minimum absolute atomic E-state index is 0. The number of aromatic nitrogens is 2. The monoisotopic (exact) mass is 765 g/mol. The van der Waals surface area contributed by atoms with Gasteiger partial charge in [0.05, 0.1) is 33.8 Å². The molecule has 4 aromatic rings. The van der Waals surface area contributed by atoms with Gasteiger partial charge in [0, 0.05) is 64.5 Å². The van der Waals surface area contributed by atoms with E-state index in [0.29, 0.717) is 35.8 Å². The van der Waals surface area contributed by atoms with E-state index in [4.69, 9.17) is 0 Å². The number of carbonyl (C=O) groups excluding carboxylic acids is 3. The Labute approximate surface area is 325 Å². The van der Waals surface area contributed by atoms with Gasteiger partial charge < -0.3 is 9.80 Å². The number of anilines is 1. The Morgan fingerprint density at radius 2 is 1.42 bits per heavy atom. The van der Waals surface area contributed by atoms with Crippen LogP contribution in [0.15, 0.2) is 85.2 Å². The lowest BCUT2D eigenvalue weighted by molar-refractivity contribution is 0.0170. The number of rotatable bonds is 12. The predicted molar refractivity (Wildman–Crippen MR) is 213 cm³/mol. The summed E-state index contributed by atoms with van der Waals surface area (Å²) in [7, 11) is -3.76. The summed E-state index contributed by atoms with van der Waals surface area (Å²) in [5, 5.41) is 0. The van der Waals surface area contributed by atoms with Crippen molar-refractivity contribution in [3.05, 3.63) is 124 Å². The van der Waals surface area contributed by atoms with Crippen molar-refractivity contribution in [2.75, 3.05) is 43.4 Å². The van der Waals surface area contributed by atoms with Gasteiger partial charge in [-0.2, -0.15) is 0 Å². The molecule has 3 aromatic carbocycles. The second-order valence-corrected chi connectivity index (χ2v) is 17.1. The molecule has 290 valence electrons. The minimum Gasteiger partial charge on any atom is -0.364 e. The first-order chi connectivity index (χ1) is 26.4. The fourth-order valence-corrected chi connectivity index (χ4v) is 9.18. The molecule has 3 aliphatic rings. The van der Waals surface area contributed by atoms with Crippen LogP contribution in [-0.2, 0) is 23.1 Å². The Bertz CT molecular complexity index is 2100. The maximum Gasteiger partial charge on any atom is 0.261 e. The molecule has 2 fully saturated rings. The van der Waals surface area contributed by atoms with E-state index in [1.807, 2.05) is 36.9 Å². The molecule has 0 spiro atoms. The number of carbonyl (C=O) groups is 3. The van der Waals surface area contributed by atoms with E-state index in [2.05, 4.69) is 67.8 Å². The van der Waals surface area contributed by atoms with Crippen molar-refractivity contribution >= 4 is 33.4 Å². The van der Waals surface area contributed by atoms with Crippen LogP contribution in [0.2, 0.25) is 0 Å². The zero-order valence-electron chi connectivity index (χ0n) is 31.8. The molecular weight excluding hydrogens is 715 g/mol. The summed E-state index contributed by atoms with van der Waals surface area (Å²) in [5.74, 6) is -1.29. The van der Waals surface area contributed by atoms with Crippen LogP contribution in [0.4, 0.5) is 5.69 Å². The molecule has 0 bridgehead atoms. The summed E-state index contributed by atoms with van der Waals surface area (Å²) in [5.41, 5.74) is 5.80. The standard InChI is InChI=1S/C42H49N7O5S.H2/c1-30-38(31(2)44-29-43-30)41(52)46-23-19-42(3,20-24-46)47-21-17-35(18-22-47)49(28-33-9-5-4-6-10-33)34-15-13-32(14-16-34)27-45-55(53,54)26-25-48-39(50)36-11-7-8-12-37(36)40(48)51;/h4-16,29,35,45H,17-28H2,1-3H3;1H. The molecule has 0 saturated carbocycles. The summed E-state index contributed by atoms with van der Waals surface area (Å²) >= 11 is 0. The van der Waals surface area contributed by atoms with E-state index in [-0.39, 0.29) is 31.7 Å². The van der Waals surface area contributed by atoms with Gasteiger partial charge in [0.15, 0.2) is 0 Å². The van der Waals surface area contributed by atoms with Gasteiger partial charge in [0.25, 0.3) is 17.7 Å². The second-order valence-electron chi connectivity index (χ2n) is 15.2. The first kappa shape index (κ1) is 38.3. The Kier molecular flexibility index (Phi) is 11.2. The maximum absolute atomic E-state index is 13.4. The topological polar surface area (TPSA) is 136 Å². The smallest absolute Gasteiger partial charge is 0.261 e. The summed E-state index contributed by atoms with van der Waals surface area (Å²) in [4.78, 5) is 55.4. The fourth-order valence-electron chi connectivity index (χ4n) is 8.22. The third kappa shape index (κ3) is 8.34. The zero-order valence-corrected chi connectivity index (χ0v) is 32.6. The number of piperidine rings is 2. The largest absolute Gasteiger partial charge is 0.364 e. The van der Waals surface area contributed by atoms with Crippen molar-refractivity contribution in [2.24, 2.45) is 0 Å². The van der Waals surface area contributed by atoms with Crippen LogP contribution in [-0.4, -0.2) is 101 Å². The van der Waals surface area contributed by atoms with Gasteiger partial charge in [-0.15, -0.1) is 0 Å². The Morgan fingerprint density at radius 1 is 0.836 bits per heavy atom. The van der Waals surface area contributed by atoms with E-state index >= 15 is 0 Å². The van der Waals surface area contributed by atoms with Crippen molar-refractivity contribution in [3.8, 4) is 0 Å². The number of nitrogens with zero attached hydrogens (tertiary/aromatic N) is 6. The molecule has 0 atom stereocenters. The van der Waals surface area contributed by atoms with Crippen molar-refractivity contribution in [3.63, 3.8) is 0 Å². The number of benzene rings is 3. The number of likely N-dealkylation sites (tertiary alicyclic amines) is 2. The van der Waals surface area contributed by atoms with Crippen molar-refractivity contribution in [1.29, 1.82) is 0 Å². The first-order valence-electron chi connectivity index (χ1n) is 19.1. The third-order valence-corrected chi connectivity index (χ3v) is 13.0. The molecule has 0 radical (unpaired) electrons. The molecule has 13 heteroatoms. The Hall–Kier alpha value is -4.98. The molecule has 2 saturated heterocycles. The van der Waals surface area contributed by atoms with Crippen LogP contribution in [0.25, 0.3) is 0 Å². The molecule has 0 unspecified atom stereocenters. The number of imide groups is 1. The number of aryl methyl sites for hydroxylation is 2. The molecular formula is C42H51N7O5S. The summed E-state index contributed by atoms with van der Waals surface area (Å²) in [6.45, 7) is 10.1. The molecule has 1 aromatic heterocycles. The van der Waals surface area contributed by atoms with Gasteiger partial charge in [-0.25, -0.2) is 23.1 Å². The van der Waals surface area contributed by atoms with Gasteiger partial charge in [0.2, 0.25) is 10.0 Å². The molecule has 4 heterocycles. The average Bonchev–Trinajstić information content (AvgIpc) is 3.44. The highest BCUT2D eigenvalue weighted by atomic mass is 32.2. The highest BCUT2D eigenvalue weighted by Crippen LogP contribution is 2.34. The average molecular weight is 766 g/mol. The number of hydrogen-bond donors (Lipinski definition) is 1. The Balaban J connectivity index is 0.00000532. The first-order valence-corrected chi connectivity index (χ1v) is 20.7. The lowest BCUT2D eigenvalue weighted by atomic mass is 9.85. The molecule has 3 aliphatic heterocycles. The van der Waals surface area contributed by atoms with Crippen LogP contribution in [0.1, 0.15) is 87.6 Å². The highest BCUT2D eigenvalue weighted by molar-refractivity contribution is 7.89. The highest BCUT2D eigenvalue weighted by Gasteiger charge is 2.40. The molecule has 0 aliphatic carbocycles. The number of fused-ring (bicyclic) bond motifs is 1. The van der Waals surface area contributed by atoms with Crippen LogP contribution < -0.4 is 9.62 Å². The minimum atomic E-state index is -3.76. The van der Waals surface area contributed by atoms with E-state index in [9.17, 15) is 22.8 Å². The Morgan fingerprint density at radius 3 is 2.02 bits per heavy atom. The quantitative estimate of drug-likeness (QED) is 0.193. The normalized spacial score (nSPS) is 17.7. The predicted octanol–water partition coefficient (Wildman–Crippen LogP) is 5.22.